The van der Waals surface area contributed by atoms with Crippen molar-refractivity contribution in [3.8, 4) is 5.75 Å². The van der Waals surface area contributed by atoms with Gasteiger partial charge in [0.05, 0.1) is 13.7 Å². The first-order chi connectivity index (χ1) is 16.5. The fourth-order valence-electron chi connectivity index (χ4n) is 3.98. The van der Waals surface area contributed by atoms with Crippen molar-refractivity contribution in [3.05, 3.63) is 105 Å². The molecule has 174 valence electrons. The Morgan fingerprint density at radius 1 is 1.00 bits per heavy atom. The lowest BCUT2D eigenvalue weighted by molar-refractivity contribution is 0.406. The van der Waals surface area contributed by atoms with Crippen LogP contribution in [0.4, 0.5) is 5.69 Å². The molecule has 0 aliphatic carbocycles. The van der Waals surface area contributed by atoms with Crippen LogP contribution >= 0.6 is 12.2 Å². The van der Waals surface area contributed by atoms with Gasteiger partial charge >= 0.3 is 0 Å². The van der Waals surface area contributed by atoms with Gasteiger partial charge in [0, 0.05) is 23.3 Å². The highest BCUT2D eigenvalue weighted by atomic mass is 32.1. The molecule has 0 unspecified atom stereocenters. The molecule has 6 heteroatoms. The van der Waals surface area contributed by atoms with Crippen molar-refractivity contribution in [1.82, 2.24) is 9.88 Å². The van der Waals surface area contributed by atoms with E-state index in [1.165, 1.54) is 5.56 Å². The highest BCUT2D eigenvalue weighted by Gasteiger charge is 2.15. The van der Waals surface area contributed by atoms with Gasteiger partial charge in [-0.2, -0.15) is 0 Å². The van der Waals surface area contributed by atoms with E-state index >= 15 is 0 Å². The predicted molar refractivity (Wildman–Crippen MR) is 144 cm³/mol. The maximum absolute atomic E-state index is 12.9. The third-order valence-corrected chi connectivity index (χ3v) is 6.26. The number of ether oxygens (including phenoxy) is 1. The number of anilines is 1. The molecule has 0 bridgehead atoms. The number of benzene rings is 3. The summed E-state index contributed by atoms with van der Waals surface area (Å²) >= 11 is 5.85. The SMILES string of the molecule is CCc1ccccc1NC(=S)N(Cc1ccc(OC)cc1)Cc1cc2ccc(C)cc2[nH]c1=O. The monoisotopic (exact) mass is 471 g/mol. The Labute approximate surface area is 205 Å². The molecule has 5 nitrogen and oxygen atoms in total. The molecule has 0 radical (unpaired) electrons. The minimum Gasteiger partial charge on any atom is -0.497 e. The van der Waals surface area contributed by atoms with Crippen LogP contribution in [0.25, 0.3) is 10.9 Å². The Kier molecular flexibility index (Phi) is 7.28. The fraction of sp³-hybridized carbons (Fsp3) is 0.214. The molecule has 0 amide bonds. The first kappa shape index (κ1) is 23.5. The molecule has 0 fully saturated rings. The third-order valence-electron chi connectivity index (χ3n) is 5.90. The van der Waals surface area contributed by atoms with Crippen LogP contribution in [0, 0.1) is 6.92 Å². The number of para-hydroxylation sites is 1. The van der Waals surface area contributed by atoms with Crippen LogP contribution in [-0.4, -0.2) is 22.1 Å². The van der Waals surface area contributed by atoms with Crippen LogP contribution < -0.4 is 15.6 Å². The van der Waals surface area contributed by atoms with Gasteiger partial charge in [0.25, 0.3) is 5.56 Å². The predicted octanol–water partition coefficient (Wildman–Crippen LogP) is 5.81. The Hall–Kier alpha value is -3.64. The molecule has 4 aromatic rings. The number of nitrogens with one attached hydrogen (secondary N) is 2. The van der Waals surface area contributed by atoms with Crippen molar-refractivity contribution in [2.45, 2.75) is 33.4 Å². The van der Waals surface area contributed by atoms with Gasteiger partial charge in [0.2, 0.25) is 0 Å². The summed E-state index contributed by atoms with van der Waals surface area (Å²) in [6.45, 7) is 5.07. The zero-order valence-electron chi connectivity index (χ0n) is 19.7. The van der Waals surface area contributed by atoms with Crippen LogP contribution in [0.2, 0.25) is 0 Å². The van der Waals surface area contributed by atoms with Crippen molar-refractivity contribution in [2.24, 2.45) is 0 Å². The molecule has 0 saturated carbocycles. The Morgan fingerprint density at radius 3 is 2.50 bits per heavy atom. The lowest BCUT2D eigenvalue weighted by Crippen LogP contribution is -2.35. The molecule has 0 saturated heterocycles. The maximum atomic E-state index is 12.9. The van der Waals surface area contributed by atoms with Gasteiger partial charge in [-0.15, -0.1) is 0 Å². The number of aryl methyl sites for hydroxylation is 2. The molecule has 4 rings (SSSR count). The number of pyridine rings is 1. The molecule has 1 aromatic heterocycles. The van der Waals surface area contributed by atoms with E-state index in [-0.39, 0.29) is 5.56 Å². The van der Waals surface area contributed by atoms with Crippen LogP contribution in [0.3, 0.4) is 0 Å². The molecule has 34 heavy (non-hydrogen) atoms. The maximum Gasteiger partial charge on any atom is 0.253 e. The van der Waals surface area contributed by atoms with E-state index in [4.69, 9.17) is 17.0 Å². The number of aromatic amines is 1. The highest BCUT2D eigenvalue weighted by Crippen LogP contribution is 2.20. The Balaban J connectivity index is 1.65. The number of H-pyrrole nitrogens is 1. The average Bonchev–Trinajstić information content (AvgIpc) is 2.84. The number of rotatable bonds is 7. The molecule has 0 aliphatic rings. The van der Waals surface area contributed by atoms with Crippen molar-refractivity contribution < 1.29 is 4.74 Å². The highest BCUT2D eigenvalue weighted by molar-refractivity contribution is 7.80. The van der Waals surface area contributed by atoms with Gasteiger partial charge in [-0.3, -0.25) is 4.79 Å². The van der Waals surface area contributed by atoms with Gasteiger partial charge in [-0.1, -0.05) is 49.4 Å². The minimum atomic E-state index is -0.102. The molecular formula is C28H29N3O2S. The molecule has 1 heterocycles. The van der Waals surface area contributed by atoms with E-state index in [1.807, 2.05) is 78.6 Å². The molecule has 0 atom stereocenters. The zero-order chi connectivity index (χ0) is 24.1. The summed E-state index contributed by atoms with van der Waals surface area (Å²) < 4.78 is 5.29. The van der Waals surface area contributed by atoms with Crippen LogP contribution in [-0.2, 0) is 19.5 Å². The topological polar surface area (TPSA) is 57.4 Å². The van der Waals surface area contributed by atoms with Crippen molar-refractivity contribution in [2.75, 3.05) is 12.4 Å². The average molecular weight is 472 g/mol. The van der Waals surface area contributed by atoms with E-state index < -0.39 is 0 Å². The Bertz CT molecular complexity index is 1360. The van der Waals surface area contributed by atoms with E-state index in [0.717, 1.165) is 39.9 Å². The van der Waals surface area contributed by atoms with Crippen molar-refractivity contribution in [3.63, 3.8) is 0 Å². The van der Waals surface area contributed by atoms with Gasteiger partial charge in [-0.05, 0) is 78.0 Å². The fourth-order valence-corrected chi connectivity index (χ4v) is 4.22. The van der Waals surface area contributed by atoms with Gasteiger partial charge < -0.3 is 19.9 Å². The Morgan fingerprint density at radius 2 is 1.76 bits per heavy atom. The molecule has 0 spiro atoms. The third kappa shape index (κ3) is 5.46. The van der Waals surface area contributed by atoms with Crippen molar-refractivity contribution in [1.29, 1.82) is 0 Å². The number of aromatic nitrogens is 1. The van der Waals surface area contributed by atoms with Crippen LogP contribution in [0.1, 0.15) is 29.2 Å². The number of hydrogen-bond donors (Lipinski definition) is 2. The second-order valence-corrected chi connectivity index (χ2v) is 8.75. The summed E-state index contributed by atoms with van der Waals surface area (Å²) in [5.74, 6) is 0.800. The number of hydrogen-bond acceptors (Lipinski definition) is 3. The summed E-state index contributed by atoms with van der Waals surface area (Å²) in [4.78, 5) is 18.0. The first-order valence-corrected chi connectivity index (χ1v) is 11.8. The normalized spacial score (nSPS) is 10.8. The van der Waals surface area contributed by atoms with E-state index in [0.29, 0.717) is 23.8 Å². The number of thiocarbonyl (C=S) groups is 1. The first-order valence-electron chi connectivity index (χ1n) is 11.4. The minimum absolute atomic E-state index is 0.102. The molecular weight excluding hydrogens is 442 g/mol. The van der Waals surface area contributed by atoms with Gasteiger partial charge in [-0.25, -0.2) is 0 Å². The summed E-state index contributed by atoms with van der Waals surface area (Å²) in [5.41, 5.74) is 5.75. The second-order valence-electron chi connectivity index (χ2n) is 8.36. The smallest absolute Gasteiger partial charge is 0.253 e. The molecule has 2 N–H and O–H groups in total. The quantitative estimate of drug-likeness (QED) is 0.333. The van der Waals surface area contributed by atoms with Crippen molar-refractivity contribution >= 4 is 33.9 Å². The molecule has 0 aliphatic heterocycles. The lowest BCUT2D eigenvalue weighted by Gasteiger charge is -2.27. The number of nitrogens with zero attached hydrogens (tertiary/aromatic N) is 1. The van der Waals surface area contributed by atoms with Crippen LogP contribution in [0.15, 0.2) is 77.6 Å². The van der Waals surface area contributed by atoms with Gasteiger partial charge in [0.1, 0.15) is 5.75 Å². The zero-order valence-corrected chi connectivity index (χ0v) is 20.5. The van der Waals surface area contributed by atoms with E-state index in [9.17, 15) is 4.79 Å². The lowest BCUT2D eigenvalue weighted by atomic mass is 10.1. The van der Waals surface area contributed by atoms with Gasteiger partial charge in [0.15, 0.2) is 5.11 Å². The number of methoxy groups -OCH3 is 1. The number of fused-ring (bicyclic) bond motifs is 1. The largest absolute Gasteiger partial charge is 0.497 e. The summed E-state index contributed by atoms with van der Waals surface area (Å²) in [7, 11) is 1.65. The van der Waals surface area contributed by atoms with E-state index in [1.54, 1.807) is 7.11 Å². The second kappa shape index (κ2) is 10.5. The standard InChI is InChI=1S/C28H29N3O2S/c1-4-21-7-5-6-8-25(21)30-28(34)31(17-20-10-13-24(33-3)14-11-20)18-23-16-22-12-9-19(2)15-26(22)29-27(23)32/h5-16H,4,17-18H2,1-3H3,(H,29,32)(H,30,34). The van der Waals surface area contributed by atoms with Crippen LogP contribution in [0.5, 0.6) is 5.75 Å². The summed E-state index contributed by atoms with van der Waals surface area (Å²) in [5, 5.41) is 4.98. The summed E-state index contributed by atoms with van der Waals surface area (Å²) in [6.07, 6.45) is 0.897. The molecule has 3 aromatic carbocycles. The van der Waals surface area contributed by atoms with E-state index in [2.05, 4.69) is 23.3 Å². The summed E-state index contributed by atoms with van der Waals surface area (Å²) in [6, 6.07) is 24.1.